The van der Waals surface area contributed by atoms with E-state index in [0.717, 1.165) is 16.8 Å². The zero-order valence-corrected chi connectivity index (χ0v) is 24.6. The summed E-state index contributed by atoms with van der Waals surface area (Å²) in [5.41, 5.74) is -2.46. The first-order chi connectivity index (χ1) is 18.3. The minimum atomic E-state index is -4.95. The van der Waals surface area contributed by atoms with Gasteiger partial charge in [0.1, 0.15) is 11.6 Å². The molecule has 4 aromatic rings. The largest absolute Gasteiger partial charge is 0.416 e. The molecule has 0 fully saturated rings. The number of fused-ring (bicyclic) bond motifs is 3. The van der Waals surface area contributed by atoms with E-state index < -0.39 is 59.8 Å². The molecule has 0 radical (unpaired) electrons. The van der Waals surface area contributed by atoms with Crippen LogP contribution in [0.2, 0.25) is 5.02 Å². The molecular formula is C25H13CdClF7N4O2-. The van der Waals surface area contributed by atoms with Gasteiger partial charge < -0.3 is 15.3 Å². The van der Waals surface area contributed by atoms with Gasteiger partial charge in [-0.2, -0.15) is 13.2 Å². The summed E-state index contributed by atoms with van der Waals surface area (Å²) in [5, 5.41) is 8.72. The van der Waals surface area contributed by atoms with Gasteiger partial charge in [-0.25, -0.2) is 17.6 Å². The van der Waals surface area contributed by atoms with E-state index in [-0.39, 0.29) is 71.7 Å². The van der Waals surface area contributed by atoms with E-state index in [9.17, 15) is 40.3 Å². The van der Waals surface area contributed by atoms with Gasteiger partial charge in [0.15, 0.2) is 5.91 Å². The molecule has 0 spiro atoms. The SMILES string of the molecule is O=C(Nc1cc2c([c-]nn2CC(F)F)c2c1[C@@H](c1cc(F)ccc1Cl)NC2=O)c1cc(F)cc(C(F)(F)F)c1.[Cd]. The number of nitrogens with one attached hydrogen (secondary N) is 2. The van der Waals surface area contributed by atoms with Gasteiger partial charge in [0.05, 0.1) is 18.2 Å². The first-order valence-corrected chi connectivity index (χ1v) is 11.4. The summed E-state index contributed by atoms with van der Waals surface area (Å²) in [6.45, 7) is -0.897. The molecular weight excluding hydrogens is 669 g/mol. The minimum Gasteiger partial charge on any atom is -0.352 e. The van der Waals surface area contributed by atoms with E-state index in [1.165, 1.54) is 12.1 Å². The zero-order valence-electron chi connectivity index (χ0n) is 19.8. The van der Waals surface area contributed by atoms with Crippen molar-refractivity contribution in [2.24, 2.45) is 0 Å². The summed E-state index contributed by atoms with van der Waals surface area (Å²) in [6, 6.07) is 4.54. The fourth-order valence-electron chi connectivity index (χ4n) is 4.40. The number of aromatic nitrogens is 2. The molecule has 0 bridgehead atoms. The zero-order chi connectivity index (χ0) is 28.2. The average molecular weight is 682 g/mol. The maximum absolute atomic E-state index is 14.1. The van der Waals surface area contributed by atoms with Gasteiger partial charge in [-0.1, -0.05) is 23.2 Å². The van der Waals surface area contributed by atoms with Crippen LogP contribution in [0.3, 0.4) is 0 Å². The first-order valence-electron chi connectivity index (χ1n) is 11.0. The van der Waals surface area contributed by atoms with E-state index in [0.29, 0.717) is 12.1 Å². The van der Waals surface area contributed by atoms with E-state index in [2.05, 4.69) is 21.9 Å². The summed E-state index contributed by atoms with van der Waals surface area (Å²) in [7, 11) is 0. The maximum Gasteiger partial charge on any atom is 0.416 e. The Morgan fingerprint density at radius 3 is 2.52 bits per heavy atom. The van der Waals surface area contributed by atoms with Crippen molar-refractivity contribution in [1.29, 1.82) is 0 Å². The molecule has 0 saturated carbocycles. The predicted octanol–water partition coefficient (Wildman–Crippen LogP) is 6.13. The Kier molecular flexibility index (Phi) is 8.18. The number of hydrogen-bond donors (Lipinski definition) is 2. The van der Waals surface area contributed by atoms with E-state index in [1.807, 2.05) is 0 Å². The molecule has 0 saturated heterocycles. The Balaban J connectivity index is 0.00000370. The molecule has 6 nitrogen and oxygen atoms in total. The van der Waals surface area contributed by atoms with E-state index >= 15 is 0 Å². The molecule has 0 aliphatic carbocycles. The number of nitrogens with zero attached hydrogens (tertiary/aromatic N) is 2. The normalized spacial score (nSPS) is 14.7. The van der Waals surface area contributed by atoms with E-state index in [1.54, 1.807) is 0 Å². The molecule has 2 amide bonds. The molecule has 1 atom stereocenters. The van der Waals surface area contributed by atoms with Crippen LogP contribution in [0.5, 0.6) is 0 Å². The van der Waals surface area contributed by atoms with Crippen LogP contribution in [0.25, 0.3) is 10.9 Å². The number of alkyl halides is 5. The number of hydrogen-bond acceptors (Lipinski definition) is 3. The van der Waals surface area contributed by atoms with Crippen LogP contribution in [0.1, 0.15) is 43.4 Å². The van der Waals surface area contributed by atoms with Crippen LogP contribution >= 0.6 is 11.6 Å². The Bertz CT molecular complexity index is 1660. The van der Waals surface area contributed by atoms with Crippen molar-refractivity contribution in [2.45, 2.75) is 25.2 Å². The first kappa shape index (κ1) is 29.8. The van der Waals surface area contributed by atoms with Crippen molar-refractivity contribution < 1.29 is 67.6 Å². The van der Waals surface area contributed by atoms with Crippen LogP contribution < -0.4 is 10.6 Å². The van der Waals surface area contributed by atoms with Gasteiger partial charge in [0.2, 0.25) is 0 Å². The quantitative estimate of drug-likeness (QED) is 0.151. The summed E-state index contributed by atoms with van der Waals surface area (Å²) in [6.07, 6.45) is -5.32. The van der Waals surface area contributed by atoms with Crippen LogP contribution in [0.15, 0.2) is 42.5 Å². The fourth-order valence-corrected chi connectivity index (χ4v) is 4.62. The van der Waals surface area contributed by atoms with Crippen molar-refractivity contribution in [3.63, 3.8) is 0 Å². The number of carbonyl (C=O) groups is 2. The Hall–Kier alpha value is -3.21. The van der Waals surface area contributed by atoms with Crippen LogP contribution in [0.4, 0.5) is 36.4 Å². The second kappa shape index (κ2) is 11.0. The monoisotopic (exact) mass is 683 g/mol. The molecule has 2 heterocycles. The fraction of sp³-hybridized carbons (Fsp3) is 0.160. The molecule has 5 rings (SSSR count). The van der Waals surface area contributed by atoms with Crippen molar-refractivity contribution in [3.8, 4) is 0 Å². The topological polar surface area (TPSA) is 76.0 Å². The third-order valence-electron chi connectivity index (χ3n) is 6.01. The summed E-state index contributed by atoms with van der Waals surface area (Å²) >= 11 is 6.24. The molecule has 1 aliphatic rings. The predicted molar refractivity (Wildman–Crippen MR) is 125 cm³/mol. The molecule has 40 heavy (non-hydrogen) atoms. The third kappa shape index (κ3) is 5.53. The Labute approximate surface area is 245 Å². The minimum absolute atomic E-state index is 0. The van der Waals surface area contributed by atoms with Gasteiger partial charge in [-0.05, 0) is 59.2 Å². The second-order valence-corrected chi connectivity index (χ2v) is 8.95. The van der Waals surface area contributed by atoms with Gasteiger partial charge in [0, 0.05) is 43.6 Å². The van der Waals surface area contributed by atoms with Crippen LogP contribution in [-0.2, 0) is 40.0 Å². The summed E-state index contributed by atoms with van der Waals surface area (Å²) < 4.78 is 94.8. The molecule has 0 unspecified atom stereocenters. The standard InChI is InChI=1S/C25H13ClF7N4O2.Cd/c26-16-2-1-12(27)6-14(16)22-21-17(35-23(38)10-3-11(25(31,32)33)5-13(28)4-10)7-18-15(20(21)24(39)36-22)8-34-37(18)9-19(29)30;/h1-7,19,22H,9H2,(H,35,38)(H,36,39);/q-1;/t22-;/m1./s1. The van der Waals surface area contributed by atoms with Crippen molar-refractivity contribution in [1.82, 2.24) is 15.1 Å². The van der Waals surface area contributed by atoms with Crippen molar-refractivity contribution >= 4 is 40.0 Å². The third-order valence-corrected chi connectivity index (χ3v) is 6.36. The van der Waals surface area contributed by atoms with Gasteiger partial charge in [-0.3, -0.25) is 14.7 Å². The van der Waals surface area contributed by atoms with Gasteiger partial charge >= 0.3 is 6.18 Å². The second-order valence-electron chi connectivity index (χ2n) is 8.54. The smallest absolute Gasteiger partial charge is 0.352 e. The maximum atomic E-state index is 14.1. The molecule has 15 heteroatoms. The molecule has 2 N–H and O–H groups in total. The Morgan fingerprint density at radius 2 is 1.85 bits per heavy atom. The van der Waals surface area contributed by atoms with E-state index in [4.69, 9.17) is 11.6 Å². The summed E-state index contributed by atoms with van der Waals surface area (Å²) in [5.74, 6) is -4.00. The number of anilines is 1. The number of amides is 2. The number of benzene rings is 3. The number of carbonyl (C=O) groups excluding carboxylic acids is 2. The molecule has 1 aliphatic heterocycles. The van der Waals surface area contributed by atoms with Crippen molar-refractivity contribution in [3.05, 3.63) is 93.1 Å². The van der Waals surface area contributed by atoms with Crippen LogP contribution in [-0.4, -0.2) is 28.0 Å². The summed E-state index contributed by atoms with van der Waals surface area (Å²) in [4.78, 5) is 26.1. The van der Waals surface area contributed by atoms with Gasteiger partial charge in [-0.15, -0.1) is 5.39 Å². The van der Waals surface area contributed by atoms with Crippen LogP contribution in [0, 0.1) is 17.8 Å². The number of halogens is 8. The Morgan fingerprint density at radius 1 is 1.12 bits per heavy atom. The van der Waals surface area contributed by atoms with Crippen molar-refractivity contribution in [2.75, 3.05) is 5.32 Å². The molecule has 3 aromatic carbocycles. The number of rotatable bonds is 5. The van der Waals surface area contributed by atoms with Gasteiger partial charge in [0.25, 0.3) is 12.3 Å². The average Bonchev–Trinajstić information content (AvgIpc) is 3.40. The molecule has 204 valence electrons. The molecule has 1 aromatic heterocycles.